The summed E-state index contributed by atoms with van der Waals surface area (Å²) in [7, 11) is 0. The van der Waals surface area contributed by atoms with Crippen molar-refractivity contribution in [2.24, 2.45) is 0 Å². The van der Waals surface area contributed by atoms with Crippen LogP contribution in [0.4, 0.5) is 0 Å². The molecule has 1 aromatic heterocycles. The zero-order valence-corrected chi connectivity index (χ0v) is 11.8. The van der Waals surface area contributed by atoms with Crippen LogP contribution in [-0.2, 0) is 6.54 Å². The van der Waals surface area contributed by atoms with Crippen molar-refractivity contribution < 1.29 is 4.74 Å². The molecule has 0 aliphatic heterocycles. The number of ether oxygens (including phenoxy) is 1. The number of halogens is 2. The molecule has 0 radical (unpaired) electrons. The van der Waals surface area contributed by atoms with E-state index in [1.807, 2.05) is 18.3 Å². The van der Waals surface area contributed by atoms with Crippen LogP contribution in [0.2, 0.25) is 10.0 Å². The van der Waals surface area contributed by atoms with Crippen molar-refractivity contribution in [1.82, 2.24) is 10.3 Å². The Morgan fingerprint density at radius 2 is 1.89 bits per heavy atom. The Labute approximate surface area is 122 Å². The van der Waals surface area contributed by atoms with Gasteiger partial charge in [0, 0.05) is 25.5 Å². The number of hydrogen-bond acceptors (Lipinski definition) is 3. The second-order valence-corrected chi connectivity index (χ2v) is 4.75. The first-order valence-electron chi connectivity index (χ1n) is 5.94. The minimum atomic E-state index is 0.504. The Kier molecular flexibility index (Phi) is 5.45. The SMILES string of the molecule is Clc1cccc(Cl)c1OCCNCc1cccnc1. The first-order chi connectivity index (χ1) is 9.27. The number of pyridine rings is 1. The molecule has 2 aromatic rings. The minimum Gasteiger partial charge on any atom is -0.489 e. The monoisotopic (exact) mass is 296 g/mol. The van der Waals surface area contributed by atoms with Gasteiger partial charge in [-0.25, -0.2) is 0 Å². The summed E-state index contributed by atoms with van der Waals surface area (Å²) in [4.78, 5) is 4.05. The molecular formula is C14H14Cl2N2O. The van der Waals surface area contributed by atoms with Gasteiger partial charge >= 0.3 is 0 Å². The average molecular weight is 297 g/mol. The van der Waals surface area contributed by atoms with E-state index >= 15 is 0 Å². The predicted octanol–water partition coefficient (Wildman–Crippen LogP) is 3.56. The molecular weight excluding hydrogens is 283 g/mol. The zero-order chi connectivity index (χ0) is 13.5. The van der Waals surface area contributed by atoms with Crippen molar-refractivity contribution >= 4 is 23.2 Å². The maximum atomic E-state index is 6.00. The van der Waals surface area contributed by atoms with Crippen LogP contribution in [0.25, 0.3) is 0 Å². The van der Waals surface area contributed by atoms with E-state index in [9.17, 15) is 0 Å². The van der Waals surface area contributed by atoms with Crippen LogP contribution in [0.1, 0.15) is 5.56 Å². The molecule has 5 heteroatoms. The lowest BCUT2D eigenvalue weighted by atomic mass is 10.3. The third-order valence-electron chi connectivity index (χ3n) is 2.50. The molecule has 19 heavy (non-hydrogen) atoms. The van der Waals surface area contributed by atoms with E-state index in [0.29, 0.717) is 28.9 Å². The van der Waals surface area contributed by atoms with Crippen LogP contribution >= 0.6 is 23.2 Å². The molecule has 3 nitrogen and oxygen atoms in total. The first kappa shape index (κ1) is 14.1. The summed E-state index contributed by atoms with van der Waals surface area (Å²) in [6, 6.07) is 9.23. The van der Waals surface area contributed by atoms with Gasteiger partial charge in [0.25, 0.3) is 0 Å². The Hall–Kier alpha value is -1.29. The van der Waals surface area contributed by atoms with Crippen LogP contribution in [0.15, 0.2) is 42.7 Å². The molecule has 1 aromatic carbocycles. The van der Waals surface area contributed by atoms with E-state index in [4.69, 9.17) is 27.9 Å². The van der Waals surface area contributed by atoms with E-state index in [-0.39, 0.29) is 0 Å². The zero-order valence-electron chi connectivity index (χ0n) is 10.3. The van der Waals surface area contributed by atoms with Crippen molar-refractivity contribution in [3.05, 3.63) is 58.3 Å². The van der Waals surface area contributed by atoms with E-state index < -0.39 is 0 Å². The normalized spacial score (nSPS) is 10.4. The van der Waals surface area contributed by atoms with Crippen LogP contribution in [0.3, 0.4) is 0 Å². The molecule has 0 saturated carbocycles. The lowest BCUT2D eigenvalue weighted by Crippen LogP contribution is -2.20. The number of para-hydroxylation sites is 1. The summed E-state index contributed by atoms with van der Waals surface area (Å²) >= 11 is 12.0. The smallest absolute Gasteiger partial charge is 0.156 e. The van der Waals surface area contributed by atoms with Gasteiger partial charge in [0.2, 0.25) is 0 Å². The second kappa shape index (κ2) is 7.34. The van der Waals surface area contributed by atoms with E-state index in [0.717, 1.165) is 12.1 Å². The van der Waals surface area contributed by atoms with Crippen molar-refractivity contribution in [1.29, 1.82) is 0 Å². The van der Waals surface area contributed by atoms with Gasteiger partial charge in [-0.3, -0.25) is 4.98 Å². The van der Waals surface area contributed by atoms with Gasteiger partial charge < -0.3 is 10.1 Å². The van der Waals surface area contributed by atoms with Gasteiger partial charge in [-0.15, -0.1) is 0 Å². The van der Waals surface area contributed by atoms with Gasteiger partial charge in [-0.1, -0.05) is 35.3 Å². The standard InChI is InChI=1S/C14H14Cl2N2O/c15-12-4-1-5-13(16)14(12)19-8-7-18-10-11-3-2-6-17-9-11/h1-6,9,18H,7-8,10H2. The van der Waals surface area contributed by atoms with Gasteiger partial charge in [0.1, 0.15) is 6.61 Å². The summed E-state index contributed by atoms with van der Waals surface area (Å²) in [5, 5.41) is 4.31. The quantitative estimate of drug-likeness (QED) is 0.828. The second-order valence-electron chi connectivity index (χ2n) is 3.94. The molecule has 0 aliphatic carbocycles. The highest BCUT2D eigenvalue weighted by Gasteiger charge is 2.05. The Morgan fingerprint density at radius 1 is 1.11 bits per heavy atom. The molecule has 0 atom stereocenters. The minimum absolute atomic E-state index is 0.504. The molecule has 0 saturated heterocycles. The topological polar surface area (TPSA) is 34.1 Å². The van der Waals surface area contributed by atoms with Gasteiger partial charge in [0.15, 0.2) is 5.75 Å². The van der Waals surface area contributed by atoms with Crippen molar-refractivity contribution in [2.45, 2.75) is 6.54 Å². The first-order valence-corrected chi connectivity index (χ1v) is 6.69. The number of aromatic nitrogens is 1. The summed E-state index contributed by atoms with van der Waals surface area (Å²) < 4.78 is 5.56. The van der Waals surface area contributed by atoms with Crippen LogP contribution in [0.5, 0.6) is 5.75 Å². The summed E-state index contributed by atoms with van der Waals surface area (Å²) in [5.74, 6) is 0.536. The largest absolute Gasteiger partial charge is 0.489 e. The number of nitrogens with zero attached hydrogens (tertiary/aromatic N) is 1. The van der Waals surface area contributed by atoms with Crippen molar-refractivity contribution in [2.75, 3.05) is 13.2 Å². The predicted molar refractivity (Wildman–Crippen MR) is 77.9 cm³/mol. The summed E-state index contributed by atoms with van der Waals surface area (Å²) in [6.45, 7) is 1.97. The highest BCUT2D eigenvalue weighted by atomic mass is 35.5. The molecule has 0 spiro atoms. The maximum absolute atomic E-state index is 6.00. The molecule has 1 heterocycles. The number of nitrogens with one attached hydrogen (secondary N) is 1. The fourth-order valence-corrected chi connectivity index (χ4v) is 2.09. The molecule has 0 fully saturated rings. The average Bonchev–Trinajstić information content (AvgIpc) is 2.42. The van der Waals surface area contributed by atoms with Gasteiger partial charge in [-0.05, 0) is 23.8 Å². The maximum Gasteiger partial charge on any atom is 0.156 e. The molecule has 0 aliphatic rings. The molecule has 0 unspecified atom stereocenters. The summed E-state index contributed by atoms with van der Waals surface area (Å²) in [6.07, 6.45) is 3.59. The van der Waals surface area contributed by atoms with Crippen LogP contribution in [0, 0.1) is 0 Å². The highest BCUT2D eigenvalue weighted by Crippen LogP contribution is 2.32. The third-order valence-corrected chi connectivity index (χ3v) is 3.09. The lowest BCUT2D eigenvalue weighted by molar-refractivity contribution is 0.314. The number of rotatable bonds is 6. The third kappa shape index (κ3) is 4.39. The van der Waals surface area contributed by atoms with E-state index in [1.54, 1.807) is 24.4 Å². The molecule has 100 valence electrons. The molecule has 2 rings (SSSR count). The fourth-order valence-electron chi connectivity index (χ4n) is 1.58. The summed E-state index contributed by atoms with van der Waals surface area (Å²) in [5.41, 5.74) is 1.14. The molecule has 0 bridgehead atoms. The van der Waals surface area contributed by atoms with Crippen LogP contribution < -0.4 is 10.1 Å². The number of benzene rings is 1. The number of hydrogen-bond donors (Lipinski definition) is 1. The van der Waals surface area contributed by atoms with Crippen molar-refractivity contribution in [3.8, 4) is 5.75 Å². The van der Waals surface area contributed by atoms with E-state index in [1.165, 1.54) is 0 Å². The highest BCUT2D eigenvalue weighted by molar-refractivity contribution is 6.37. The van der Waals surface area contributed by atoms with Gasteiger partial charge in [0.05, 0.1) is 10.0 Å². The fraction of sp³-hybridized carbons (Fsp3) is 0.214. The van der Waals surface area contributed by atoms with Crippen LogP contribution in [-0.4, -0.2) is 18.1 Å². The molecule has 1 N–H and O–H groups in total. The Morgan fingerprint density at radius 3 is 2.58 bits per heavy atom. The van der Waals surface area contributed by atoms with E-state index in [2.05, 4.69) is 10.3 Å². The lowest BCUT2D eigenvalue weighted by Gasteiger charge is -2.10. The Balaban J connectivity index is 1.73. The molecule has 0 amide bonds. The Bertz CT molecular complexity index is 500. The van der Waals surface area contributed by atoms with Crippen molar-refractivity contribution in [3.63, 3.8) is 0 Å². The van der Waals surface area contributed by atoms with Gasteiger partial charge in [-0.2, -0.15) is 0 Å².